The van der Waals surface area contributed by atoms with Crippen molar-refractivity contribution in [3.63, 3.8) is 0 Å². The quantitative estimate of drug-likeness (QED) is 0.665. The van der Waals surface area contributed by atoms with Crippen LogP contribution in [-0.4, -0.2) is 18.4 Å². The van der Waals surface area contributed by atoms with Crippen molar-refractivity contribution in [1.82, 2.24) is 0 Å². The fourth-order valence-electron chi connectivity index (χ4n) is 2.51. The molecule has 0 spiro atoms. The minimum atomic E-state index is -4.68. The van der Waals surface area contributed by atoms with E-state index in [1.165, 1.54) is 13.0 Å². The molecule has 2 aromatic carbocycles. The average molecular weight is 394 g/mol. The lowest BCUT2D eigenvalue weighted by molar-refractivity contribution is -0.137. The standard InChI is InChI=1S/C20H21F3N2O3/c1-13-5-3-6-16(11-13)28-10-4-7-19(27)25-18-9-8-15(24-14(2)26)12-17(18)20(21,22)23/h3,5-6,8-9,11-12H,4,7,10H2,1-2H3,(H,24,26)(H,25,27). The van der Waals surface area contributed by atoms with Crippen molar-refractivity contribution in [1.29, 1.82) is 0 Å². The highest BCUT2D eigenvalue weighted by Gasteiger charge is 2.34. The van der Waals surface area contributed by atoms with E-state index in [4.69, 9.17) is 4.74 Å². The van der Waals surface area contributed by atoms with Crippen LogP contribution < -0.4 is 15.4 Å². The summed E-state index contributed by atoms with van der Waals surface area (Å²) in [4.78, 5) is 23.0. The number of aryl methyl sites for hydroxylation is 1. The molecule has 0 atom stereocenters. The van der Waals surface area contributed by atoms with Crippen molar-refractivity contribution in [2.24, 2.45) is 0 Å². The molecule has 0 heterocycles. The Kier molecular flexibility index (Phi) is 7.03. The Hall–Kier alpha value is -3.03. The first-order chi connectivity index (χ1) is 13.1. The van der Waals surface area contributed by atoms with E-state index in [0.29, 0.717) is 12.2 Å². The van der Waals surface area contributed by atoms with Crippen LogP contribution in [0.5, 0.6) is 5.75 Å². The van der Waals surface area contributed by atoms with Gasteiger partial charge in [0, 0.05) is 19.0 Å². The second-order valence-electron chi connectivity index (χ2n) is 6.26. The fourth-order valence-corrected chi connectivity index (χ4v) is 2.51. The zero-order valence-corrected chi connectivity index (χ0v) is 15.5. The molecule has 2 N–H and O–H groups in total. The summed E-state index contributed by atoms with van der Waals surface area (Å²) in [5.74, 6) is -0.363. The molecular weight excluding hydrogens is 373 g/mol. The highest BCUT2D eigenvalue weighted by molar-refractivity contribution is 5.93. The van der Waals surface area contributed by atoms with E-state index in [1.807, 2.05) is 25.1 Å². The number of anilines is 2. The topological polar surface area (TPSA) is 67.4 Å². The van der Waals surface area contributed by atoms with E-state index in [0.717, 1.165) is 17.7 Å². The normalized spacial score (nSPS) is 11.0. The largest absolute Gasteiger partial charge is 0.494 e. The first-order valence-corrected chi connectivity index (χ1v) is 8.63. The zero-order chi connectivity index (χ0) is 20.7. The third-order valence-corrected chi connectivity index (χ3v) is 3.73. The van der Waals surface area contributed by atoms with E-state index in [-0.39, 0.29) is 24.4 Å². The average Bonchev–Trinajstić information content (AvgIpc) is 2.59. The van der Waals surface area contributed by atoms with Crippen LogP contribution in [0.2, 0.25) is 0 Å². The molecule has 5 nitrogen and oxygen atoms in total. The Bertz CT molecular complexity index is 851. The molecule has 0 fully saturated rings. The summed E-state index contributed by atoms with van der Waals surface area (Å²) in [6, 6.07) is 10.6. The Balaban J connectivity index is 1.94. The molecule has 0 saturated heterocycles. The van der Waals surface area contributed by atoms with Crippen LogP contribution in [0, 0.1) is 6.92 Å². The first-order valence-electron chi connectivity index (χ1n) is 8.63. The van der Waals surface area contributed by atoms with Crippen molar-refractivity contribution in [3.05, 3.63) is 53.6 Å². The predicted molar refractivity (Wildman–Crippen MR) is 100 cm³/mol. The minimum Gasteiger partial charge on any atom is -0.494 e. The van der Waals surface area contributed by atoms with Crippen molar-refractivity contribution < 1.29 is 27.5 Å². The van der Waals surface area contributed by atoms with Gasteiger partial charge in [0.1, 0.15) is 5.75 Å². The summed E-state index contributed by atoms with van der Waals surface area (Å²) in [5, 5.41) is 4.57. The van der Waals surface area contributed by atoms with Crippen LogP contribution in [-0.2, 0) is 15.8 Å². The van der Waals surface area contributed by atoms with Gasteiger partial charge >= 0.3 is 6.18 Å². The third-order valence-electron chi connectivity index (χ3n) is 3.73. The minimum absolute atomic E-state index is 0.00405. The maximum Gasteiger partial charge on any atom is 0.418 e. The molecule has 0 bridgehead atoms. The number of hydrogen-bond acceptors (Lipinski definition) is 3. The smallest absolute Gasteiger partial charge is 0.418 e. The number of hydrogen-bond donors (Lipinski definition) is 2. The summed E-state index contributed by atoms with van der Waals surface area (Å²) < 4.78 is 45.3. The van der Waals surface area contributed by atoms with Gasteiger partial charge in [-0.2, -0.15) is 13.2 Å². The summed E-state index contributed by atoms with van der Waals surface area (Å²) in [5.41, 5.74) is -0.337. The lowest BCUT2D eigenvalue weighted by Crippen LogP contribution is -2.18. The second kappa shape index (κ2) is 9.25. The molecule has 0 aromatic heterocycles. The molecule has 150 valence electrons. The number of carbonyl (C=O) groups excluding carboxylic acids is 2. The number of benzene rings is 2. The molecular formula is C20H21F3N2O3. The molecule has 2 rings (SSSR count). The van der Waals surface area contributed by atoms with Gasteiger partial charge in [0.15, 0.2) is 0 Å². The summed E-state index contributed by atoms with van der Waals surface area (Å²) in [6.45, 7) is 3.39. The van der Waals surface area contributed by atoms with Crippen molar-refractivity contribution in [2.75, 3.05) is 17.2 Å². The Labute approximate surface area is 160 Å². The van der Waals surface area contributed by atoms with Gasteiger partial charge < -0.3 is 15.4 Å². The van der Waals surface area contributed by atoms with Gasteiger partial charge in [-0.15, -0.1) is 0 Å². The van der Waals surface area contributed by atoms with E-state index in [2.05, 4.69) is 10.6 Å². The Morgan fingerprint density at radius 2 is 1.82 bits per heavy atom. The van der Waals surface area contributed by atoms with Gasteiger partial charge in [0.25, 0.3) is 0 Å². The number of alkyl halides is 3. The van der Waals surface area contributed by atoms with Gasteiger partial charge in [-0.05, 0) is 49.2 Å². The van der Waals surface area contributed by atoms with Gasteiger partial charge in [-0.25, -0.2) is 0 Å². The number of nitrogens with one attached hydrogen (secondary N) is 2. The first kappa shape index (κ1) is 21.3. The molecule has 8 heteroatoms. The van der Waals surface area contributed by atoms with Gasteiger partial charge in [-0.3, -0.25) is 9.59 Å². The number of ether oxygens (including phenoxy) is 1. The van der Waals surface area contributed by atoms with Crippen LogP contribution in [0.25, 0.3) is 0 Å². The lowest BCUT2D eigenvalue weighted by atomic mass is 10.1. The van der Waals surface area contributed by atoms with Gasteiger partial charge in [-0.1, -0.05) is 12.1 Å². The maximum atomic E-state index is 13.3. The highest BCUT2D eigenvalue weighted by atomic mass is 19.4. The van der Waals surface area contributed by atoms with E-state index in [1.54, 1.807) is 6.07 Å². The summed E-state index contributed by atoms with van der Waals surface area (Å²) in [7, 11) is 0. The van der Waals surface area contributed by atoms with E-state index < -0.39 is 23.6 Å². The maximum absolute atomic E-state index is 13.3. The monoisotopic (exact) mass is 394 g/mol. The summed E-state index contributed by atoms with van der Waals surface area (Å²) >= 11 is 0. The van der Waals surface area contributed by atoms with E-state index in [9.17, 15) is 22.8 Å². The summed E-state index contributed by atoms with van der Waals surface area (Å²) in [6.07, 6.45) is -4.31. The van der Waals surface area contributed by atoms with Gasteiger partial charge in [0.2, 0.25) is 11.8 Å². The molecule has 2 amide bonds. The van der Waals surface area contributed by atoms with Crippen LogP contribution in [0.3, 0.4) is 0 Å². The molecule has 0 aliphatic heterocycles. The van der Waals surface area contributed by atoms with Gasteiger partial charge in [0.05, 0.1) is 17.9 Å². The van der Waals surface area contributed by atoms with Crippen LogP contribution in [0.4, 0.5) is 24.5 Å². The number of amides is 2. The van der Waals surface area contributed by atoms with Crippen molar-refractivity contribution >= 4 is 23.2 Å². The SMILES string of the molecule is CC(=O)Nc1ccc(NC(=O)CCCOc2cccc(C)c2)c(C(F)(F)F)c1. The Morgan fingerprint density at radius 3 is 2.46 bits per heavy atom. The van der Waals surface area contributed by atoms with Crippen LogP contribution in [0.15, 0.2) is 42.5 Å². The second-order valence-corrected chi connectivity index (χ2v) is 6.26. The molecule has 0 radical (unpaired) electrons. The molecule has 0 saturated carbocycles. The molecule has 28 heavy (non-hydrogen) atoms. The fraction of sp³-hybridized carbons (Fsp3) is 0.300. The molecule has 0 aliphatic rings. The zero-order valence-electron chi connectivity index (χ0n) is 15.5. The molecule has 2 aromatic rings. The Morgan fingerprint density at radius 1 is 1.07 bits per heavy atom. The lowest BCUT2D eigenvalue weighted by Gasteiger charge is -2.15. The van der Waals surface area contributed by atoms with Crippen molar-refractivity contribution in [2.45, 2.75) is 32.9 Å². The predicted octanol–water partition coefficient (Wildman–Crippen LogP) is 4.77. The highest BCUT2D eigenvalue weighted by Crippen LogP contribution is 2.36. The molecule has 0 unspecified atom stereocenters. The van der Waals surface area contributed by atoms with Crippen molar-refractivity contribution in [3.8, 4) is 5.75 Å². The van der Waals surface area contributed by atoms with Crippen LogP contribution >= 0.6 is 0 Å². The van der Waals surface area contributed by atoms with E-state index >= 15 is 0 Å². The van der Waals surface area contributed by atoms with Crippen LogP contribution in [0.1, 0.15) is 30.9 Å². The number of rotatable bonds is 7. The number of carbonyl (C=O) groups is 2. The molecule has 0 aliphatic carbocycles. The number of halogens is 3. The third kappa shape index (κ3) is 6.61.